The number of nitrogens with one attached hydrogen (secondary N) is 3. The van der Waals surface area contributed by atoms with Gasteiger partial charge in [-0.25, -0.2) is 4.99 Å². The van der Waals surface area contributed by atoms with Crippen molar-refractivity contribution in [2.75, 3.05) is 42.4 Å². The number of hydrogen-bond acceptors (Lipinski definition) is 12. The maximum Gasteiger partial charge on any atom is 0.305 e. The van der Waals surface area contributed by atoms with Gasteiger partial charge in [0.15, 0.2) is 17.2 Å². The zero-order chi connectivity index (χ0) is 46.5. The van der Waals surface area contributed by atoms with E-state index < -0.39 is 17.2 Å². The predicted molar refractivity (Wildman–Crippen MR) is 258 cm³/mol. The summed E-state index contributed by atoms with van der Waals surface area (Å²) in [7, 11) is 0. The molecule has 1 aliphatic carbocycles. The molecule has 66 heavy (non-hydrogen) atoms. The molecule has 0 atom stereocenters. The minimum absolute atomic E-state index is 0.127. The first-order valence-corrected chi connectivity index (χ1v) is 23.9. The minimum atomic E-state index is -1.29. The van der Waals surface area contributed by atoms with Crippen LogP contribution in [0.4, 0.5) is 17.1 Å². The topological polar surface area (TPSA) is 154 Å². The second-order valence-electron chi connectivity index (χ2n) is 17.4. The molecular weight excluding hydrogens is 833 g/mol. The van der Waals surface area contributed by atoms with Gasteiger partial charge in [-0.05, 0) is 71.5 Å². The van der Waals surface area contributed by atoms with Gasteiger partial charge in [0.1, 0.15) is 44.6 Å². The van der Waals surface area contributed by atoms with Crippen LogP contribution in [0.25, 0.3) is 27.1 Å². The first kappa shape index (κ1) is 47.4. The number of ether oxygens (including phenoxy) is 4. The number of unbranched alkanes of at least 4 members (excludes halogenated alkanes) is 8. The summed E-state index contributed by atoms with van der Waals surface area (Å²) in [5, 5.41) is 14.4. The van der Waals surface area contributed by atoms with Gasteiger partial charge in [0.05, 0.1) is 10.9 Å². The molecule has 12 heteroatoms. The Hall–Kier alpha value is -6.53. The molecule has 0 bridgehead atoms. The molecule has 3 N–H and O–H groups in total. The van der Waals surface area contributed by atoms with E-state index in [1.165, 1.54) is 0 Å². The van der Waals surface area contributed by atoms with Crippen molar-refractivity contribution < 1.29 is 38.1 Å². The van der Waals surface area contributed by atoms with Crippen LogP contribution < -0.4 is 26.5 Å². The number of esters is 2. The van der Waals surface area contributed by atoms with Gasteiger partial charge in [0.2, 0.25) is 5.66 Å². The number of hydrogen-bond donors (Lipinski definition) is 3. The van der Waals surface area contributed by atoms with Gasteiger partial charge in [-0.1, -0.05) is 115 Å². The van der Waals surface area contributed by atoms with E-state index in [2.05, 4.69) is 67.7 Å². The molecule has 2 heterocycles. The molecule has 0 spiro atoms. The standard InChI is InChI=1S/C54H62N4O8/c1-5-9-13-23-45(59)65-35-54(36-66-46(60)24-14-10-6-2)57-42-22-18-20-38-40(26-28-44(58-54)48(38)42)50-51(61)49(52(50)62)39-25-27-43-47-37(39)19-17-21-41(47)55-53(56-43,29-33-63-31-15-11-7-3)30-34-64-32-16-12-8-4/h17-22,25-28,49,55-57H,5-16,23-24,31-32,35-36H2,1-4H3. The zero-order valence-corrected chi connectivity index (χ0v) is 38.8. The zero-order valence-electron chi connectivity index (χ0n) is 38.8. The van der Waals surface area contributed by atoms with Crippen LogP contribution in [0.15, 0.2) is 65.7 Å². The fourth-order valence-corrected chi connectivity index (χ4v) is 8.73. The predicted octanol–water partition coefficient (Wildman–Crippen LogP) is 8.94. The van der Waals surface area contributed by atoms with E-state index in [0.717, 1.165) is 99.2 Å². The average Bonchev–Trinajstić information content (AvgIpc) is 3.32. The van der Waals surface area contributed by atoms with Crippen LogP contribution in [0.3, 0.4) is 0 Å². The van der Waals surface area contributed by atoms with E-state index in [9.17, 15) is 19.2 Å². The second kappa shape index (κ2) is 22.1. The van der Waals surface area contributed by atoms with Gasteiger partial charge >= 0.3 is 11.9 Å². The van der Waals surface area contributed by atoms with E-state index in [4.69, 9.17) is 23.9 Å². The highest BCUT2D eigenvalue weighted by atomic mass is 16.6. The second-order valence-corrected chi connectivity index (χ2v) is 17.4. The lowest BCUT2D eigenvalue weighted by Crippen LogP contribution is -2.50. The largest absolute Gasteiger partial charge is 0.461 e. The highest BCUT2D eigenvalue weighted by Crippen LogP contribution is 2.45. The third kappa shape index (κ3) is 10.6. The molecule has 7 rings (SSSR count). The maximum absolute atomic E-state index is 14.4. The normalized spacial score (nSPS) is 15.9. The molecule has 3 aliphatic rings. The van der Waals surface area contributed by atoms with E-state index in [1.807, 2.05) is 48.5 Å². The molecule has 0 amide bonds. The monoisotopic (exact) mass is 894 g/mol. The molecule has 1 fully saturated rings. The number of ketones is 2. The van der Waals surface area contributed by atoms with E-state index in [0.29, 0.717) is 45.8 Å². The van der Waals surface area contributed by atoms with Crippen molar-refractivity contribution in [3.05, 3.63) is 76.8 Å². The van der Waals surface area contributed by atoms with Crippen LogP contribution in [-0.2, 0) is 38.1 Å². The van der Waals surface area contributed by atoms with Crippen molar-refractivity contribution in [2.45, 2.75) is 135 Å². The van der Waals surface area contributed by atoms with Gasteiger partial charge in [0, 0.05) is 52.5 Å². The van der Waals surface area contributed by atoms with E-state index in [-0.39, 0.29) is 55.1 Å². The number of carbonyl (C=O) groups is 4. The first-order chi connectivity index (χ1) is 32.2. The summed E-state index contributed by atoms with van der Waals surface area (Å²) >= 11 is 0. The van der Waals surface area contributed by atoms with Gasteiger partial charge in [-0.15, -0.1) is 0 Å². The molecule has 4 aromatic rings. The molecular formula is C54H62N4O8. The Morgan fingerprint density at radius 2 is 1.14 bits per heavy atom. The Kier molecular flexibility index (Phi) is 15.9. The third-order valence-corrected chi connectivity index (χ3v) is 12.3. The summed E-state index contributed by atoms with van der Waals surface area (Å²) in [6, 6.07) is 18.5. The summed E-state index contributed by atoms with van der Waals surface area (Å²) in [4.78, 5) is 59.4. The summed E-state index contributed by atoms with van der Waals surface area (Å²) in [6.45, 7) is 9.13. The Morgan fingerprint density at radius 1 is 0.606 bits per heavy atom. The third-order valence-electron chi connectivity index (χ3n) is 12.3. The molecule has 0 aromatic heterocycles. The molecule has 0 radical (unpaired) electrons. The summed E-state index contributed by atoms with van der Waals surface area (Å²) in [5.41, 5.74) is 0.348. The Bertz CT molecular complexity index is 2630. The summed E-state index contributed by atoms with van der Waals surface area (Å²) in [6.07, 6.45) is 17.5. The van der Waals surface area contributed by atoms with Crippen molar-refractivity contribution in [2.24, 2.45) is 4.99 Å². The van der Waals surface area contributed by atoms with Crippen molar-refractivity contribution in [1.29, 1.82) is 0 Å². The fraction of sp³-hybridized carbons (Fsp3) is 0.463. The number of carbonyl (C=O) groups excluding carboxylic acids is 4. The molecule has 0 saturated heterocycles. The number of benzene rings is 4. The molecule has 0 unspecified atom stereocenters. The first-order valence-electron chi connectivity index (χ1n) is 23.9. The quantitative estimate of drug-likeness (QED) is 0.0318. The van der Waals surface area contributed by atoms with Crippen molar-refractivity contribution in [3.63, 3.8) is 0 Å². The lowest BCUT2D eigenvalue weighted by molar-refractivity contribution is -0.149. The Balaban J connectivity index is 1.19. The van der Waals surface area contributed by atoms with E-state index >= 15 is 0 Å². The van der Waals surface area contributed by atoms with Crippen LogP contribution >= 0.6 is 0 Å². The molecule has 2 aliphatic heterocycles. The molecule has 4 aromatic carbocycles. The fourth-order valence-electron chi connectivity index (χ4n) is 8.73. The molecule has 1 saturated carbocycles. The number of rotatable bonds is 21. The van der Waals surface area contributed by atoms with Crippen molar-refractivity contribution in [3.8, 4) is 24.1 Å². The van der Waals surface area contributed by atoms with Crippen molar-refractivity contribution >= 4 is 67.7 Å². The summed E-state index contributed by atoms with van der Waals surface area (Å²) < 4.78 is 22.9. The van der Waals surface area contributed by atoms with E-state index in [1.54, 1.807) is 12.1 Å². The smallest absolute Gasteiger partial charge is 0.305 e. The number of Topliss-reactive ketones (excluding diaryl/α,β-unsaturated/α-hetero) is 2. The van der Waals surface area contributed by atoms with Crippen LogP contribution in [0.1, 0.15) is 129 Å². The van der Waals surface area contributed by atoms with Crippen LogP contribution in [0.5, 0.6) is 0 Å². The molecule has 346 valence electrons. The maximum atomic E-state index is 14.4. The number of anilines is 3. The van der Waals surface area contributed by atoms with Crippen LogP contribution in [0.2, 0.25) is 0 Å². The average molecular weight is 895 g/mol. The van der Waals surface area contributed by atoms with Crippen LogP contribution in [-0.4, -0.2) is 61.3 Å². The lowest BCUT2D eigenvalue weighted by Gasteiger charge is -2.35. The van der Waals surface area contributed by atoms with Gasteiger partial charge in [-0.2, -0.15) is 0 Å². The Morgan fingerprint density at radius 3 is 1.71 bits per heavy atom. The number of nitrogens with zero attached hydrogens (tertiary/aromatic N) is 1. The van der Waals surface area contributed by atoms with Gasteiger partial charge < -0.3 is 34.9 Å². The van der Waals surface area contributed by atoms with Crippen LogP contribution in [0, 0.1) is 24.1 Å². The lowest BCUT2D eigenvalue weighted by atomic mass is 9.70. The van der Waals surface area contributed by atoms with Gasteiger partial charge in [-0.3, -0.25) is 19.2 Å². The molecule has 12 nitrogen and oxygen atoms in total. The summed E-state index contributed by atoms with van der Waals surface area (Å²) in [5.74, 6) is 4.08. The minimum Gasteiger partial charge on any atom is -0.461 e. The SMILES string of the molecule is CCCCCOC#CC1(C#COCCCCC)Nc2cccc3c(C4C(=O)C(=c5ccc6c7c(cccc57)NC(COC(=O)CCCCC)(COC(=O)CCCCC)N=6)C4=O)ccc(c23)N1. The van der Waals surface area contributed by atoms with Gasteiger partial charge in [0.25, 0.3) is 0 Å². The highest BCUT2D eigenvalue weighted by Gasteiger charge is 2.47. The Labute approximate surface area is 387 Å². The highest BCUT2D eigenvalue weighted by molar-refractivity contribution is 6.59. The van der Waals surface area contributed by atoms with Crippen molar-refractivity contribution in [1.82, 2.24) is 0 Å².